The first kappa shape index (κ1) is 9.92. The molecule has 0 amide bonds. The third-order valence-corrected chi connectivity index (χ3v) is 0.394. The van der Waals surface area contributed by atoms with Crippen LogP contribution in [0.3, 0.4) is 0 Å². The van der Waals surface area contributed by atoms with E-state index < -0.39 is 0 Å². The van der Waals surface area contributed by atoms with E-state index in [1.165, 1.54) is 0 Å². The fourth-order valence-corrected chi connectivity index (χ4v) is 0. The fourth-order valence-electron chi connectivity index (χ4n) is 0. The Morgan fingerprint density at radius 3 is 2.00 bits per heavy atom. The van der Waals surface area contributed by atoms with Crippen LogP contribution < -0.4 is 0 Å². The summed E-state index contributed by atoms with van der Waals surface area (Å²) in [5, 5.41) is 0. The predicted molar refractivity (Wildman–Crippen MR) is 20.7 cm³/mol. The van der Waals surface area contributed by atoms with Crippen LogP contribution in [0.25, 0.3) is 0 Å². The molecule has 42 valence electrons. The molecule has 0 atom stereocenters. The zero-order valence-corrected chi connectivity index (χ0v) is 5.46. The molecule has 0 aromatic rings. The van der Waals surface area contributed by atoms with Crippen molar-refractivity contribution in [1.82, 2.24) is 0 Å². The largest absolute Gasteiger partial charge is 0.339 e. The van der Waals surface area contributed by atoms with E-state index in [-0.39, 0.29) is 43.1 Å². The molecule has 0 rings (SSSR count). The number of ketones is 1. The Kier molecular flexibility index (Phi) is 9.57. The average molecular weight is 238 g/mol. The van der Waals surface area contributed by atoms with Crippen molar-refractivity contribution < 1.29 is 42.1 Å². The van der Waals surface area contributed by atoms with Gasteiger partial charge in [0.15, 0.2) is 0 Å². The second-order valence-corrected chi connectivity index (χ2v) is 0.892. The topological polar surface area (TPSA) is 17.1 Å². The van der Waals surface area contributed by atoms with Crippen LogP contribution in [-0.2, 0) is 4.79 Å². The molecular formula is C4H7ErO-. The van der Waals surface area contributed by atoms with Crippen LogP contribution in [-0.4, -0.2) is 5.78 Å². The summed E-state index contributed by atoms with van der Waals surface area (Å²) in [6.45, 7) is 4.91. The molecule has 0 spiro atoms. The molecule has 0 aliphatic rings. The van der Waals surface area contributed by atoms with Crippen LogP contribution in [0.15, 0.2) is 0 Å². The van der Waals surface area contributed by atoms with E-state index in [2.05, 4.69) is 6.92 Å². The maximum absolute atomic E-state index is 9.70. The molecule has 0 fully saturated rings. The molecule has 0 bridgehead atoms. The van der Waals surface area contributed by atoms with Crippen LogP contribution in [0.2, 0.25) is 0 Å². The Hall–Kier alpha value is 0.787. The minimum absolute atomic E-state index is 0. The zero-order chi connectivity index (χ0) is 4.28. The molecule has 0 aliphatic heterocycles. The summed E-state index contributed by atoms with van der Waals surface area (Å²) in [5.74, 6) is 0.00463. The molecule has 1 nitrogen and oxygen atoms in total. The second-order valence-electron chi connectivity index (χ2n) is 0.892. The van der Waals surface area contributed by atoms with E-state index in [0.717, 1.165) is 0 Å². The first-order chi connectivity index (χ1) is 2.27. The summed E-state index contributed by atoms with van der Waals surface area (Å²) in [6.07, 6.45) is 0.556. The minimum atomic E-state index is 0. The van der Waals surface area contributed by atoms with Gasteiger partial charge in [-0.2, -0.15) is 0 Å². The van der Waals surface area contributed by atoms with E-state index in [0.29, 0.717) is 6.42 Å². The Bertz CT molecular complexity index is 42.8. The predicted octanol–water partition coefficient (Wildman–Crippen LogP) is 0.800. The van der Waals surface area contributed by atoms with Gasteiger partial charge in [-0.1, -0.05) is 6.92 Å². The third kappa shape index (κ3) is 8.84. The van der Waals surface area contributed by atoms with Gasteiger partial charge in [-0.15, -0.1) is 0 Å². The minimum Gasteiger partial charge on any atom is -0.339 e. The summed E-state index contributed by atoms with van der Waals surface area (Å²) in [6, 6.07) is 0. The van der Waals surface area contributed by atoms with Crippen LogP contribution in [0.5, 0.6) is 0 Å². The SMILES string of the molecule is [CH2-]C(=O)CC.[Er]. The van der Waals surface area contributed by atoms with E-state index in [1.54, 1.807) is 6.92 Å². The van der Waals surface area contributed by atoms with Crippen LogP contribution in [0, 0.1) is 44.2 Å². The van der Waals surface area contributed by atoms with E-state index in [4.69, 9.17) is 0 Å². The van der Waals surface area contributed by atoms with Crippen molar-refractivity contribution in [2.45, 2.75) is 13.3 Å². The van der Waals surface area contributed by atoms with Crippen molar-refractivity contribution >= 4 is 5.78 Å². The van der Waals surface area contributed by atoms with Gasteiger partial charge in [0.1, 0.15) is 0 Å². The molecule has 0 N–H and O–H groups in total. The summed E-state index contributed by atoms with van der Waals surface area (Å²) in [5.41, 5.74) is 0. The van der Waals surface area contributed by atoms with Gasteiger partial charge in [-0.3, -0.25) is 0 Å². The molecule has 0 aromatic carbocycles. The number of hydrogen-bond donors (Lipinski definition) is 0. The molecular weight excluding hydrogens is 231 g/mol. The molecule has 0 radical (unpaired) electrons. The van der Waals surface area contributed by atoms with Crippen molar-refractivity contribution in [3.63, 3.8) is 0 Å². The molecule has 0 heterocycles. The van der Waals surface area contributed by atoms with Gasteiger partial charge in [0.2, 0.25) is 0 Å². The van der Waals surface area contributed by atoms with Gasteiger partial charge in [-0.05, 0) is 12.2 Å². The first-order valence-electron chi connectivity index (χ1n) is 1.62. The van der Waals surface area contributed by atoms with E-state index in [1.807, 2.05) is 0 Å². The number of hydrogen-bond acceptors (Lipinski definition) is 1. The number of carbonyl (C=O) groups is 1. The van der Waals surface area contributed by atoms with Crippen molar-refractivity contribution in [3.8, 4) is 0 Å². The average Bonchev–Trinajstić information content (AvgIpc) is 1.38. The summed E-state index contributed by atoms with van der Waals surface area (Å²) in [4.78, 5) is 9.70. The van der Waals surface area contributed by atoms with Gasteiger partial charge in [0, 0.05) is 37.3 Å². The van der Waals surface area contributed by atoms with E-state index in [9.17, 15) is 4.79 Å². The first-order valence-corrected chi connectivity index (χ1v) is 1.62. The Labute approximate surface area is 67.7 Å². The van der Waals surface area contributed by atoms with Gasteiger partial charge in [-0.25, -0.2) is 0 Å². The Morgan fingerprint density at radius 1 is 1.83 bits per heavy atom. The number of Topliss-reactive ketones (excluding diaryl/α,β-unsaturated/α-hetero) is 1. The molecule has 0 saturated heterocycles. The molecule has 0 aromatic heterocycles. The summed E-state index contributed by atoms with van der Waals surface area (Å²) < 4.78 is 0. The van der Waals surface area contributed by atoms with Crippen molar-refractivity contribution in [2.75, 3.05) is 0 Å². The zero-order valence-electron chi connectivity index (χ0n) is 3.61. The Balaban J connectivity index is 0. The smallest absolute Gasteiger partial charge is 0 e. The van der Waals surface area contributed by atoms with Crippen LogP contribution in [0.1, 0.15) is 13.3 Å². The summed E-state index contributed by atoms with van der Waals surface area (Å²) >= 11 is 0. The molecule has 2 heteroatoms. The molecule has 0 aliphatic carbocycles. The molecule has 0 saturated carbocycles. The maximum atomic E-state index is 9.70. The van der Waals surface area contributed by atoms with Gasteiger partial charge >= 0.3 is 0 Å². The van der Waals surface area contributed by atoms with Gasteiger partial charge < -0.3 is 11.7 Å². The number of carbonyl (C=O) groups excluding carboxylic acids is 1. The van der Waals surface area contributed by atoms with Crippen molar-refractivity contribution in [3.05, 3.63) is 6.92 Å². The maximum Gasteiger partial charge on any atom is 0 e. The van der Waals surface area contributed by atoms with Crippen molar-refractivity contribution in [2.24, 2.45) is 0 Å². The number of rotatable bonds is 1. The fraction of sp³-hybridized carbons (Fsp3) is 0.500. The standard InChI is InChI=1S/C4H7O.Er/c1-3-4(2)5;/h2-3H2,1H3;/q-1;. The van der Waals surface area contributed by atoms with Crippen LogP contribution >= 0.6 is 0 Å². The van der Waals surface area contributed by atoms with Gasteiger partial charge in [0.25, 0.3) is 0 Å². The van der Waals surface area contributed by atoms with Crippen molar-refractivity contribution in [1.29, 1.82) is 0 Å². The third-order valence-electron chi connectivity index (χ3n) is 0.394. The Morgan fingerprint density at radius 2 is 2.00 bits per heavy atom. The summed E-state index contributed by atoms with van der Waals surface area (Å²) in [7, 11) is 0. The quantitative estimate of drug-likeness (QED) is 0.618. The van der Waals surface area contributed by atoms with Crippen LogP contribution in [0.4, 0.5) is 0 Å². The second kappa shape index (κ2) is 5.79. The molecule has 6 heavy (non-hydrogen) atoms. The van der Waals surface area contributed by atoms with Gasteiger partial charge in [0.05, 0.1) is 0 Å². The van der Waals surface area contributed by atoms with E-state index >= 15 is 0 Å². The monoisotopic (exact) mass is 237 g/mol. The molecule has 0 unspecified atom stereocenters. The normalized spacial score (nSPS) is 6.17.